The molecule has 1 heterocycles. The first kappa shape index (κ1) is 33.1. The highest BCUT2D eigenvalue weighted by Crippen LogP contribution is 2.65. The van der Waals surface area contributed by atoms with Gasteiger partial charge in [-0.2, -0.15) is 0 Å². The smallest absolute Gasteiger partial charge is 0.407 e. The van der Waals surface area contributed by atoms with E-state index in [-0.39, 0.29) is 42.2 Å². The number of nitrogens with one attached hydrogen (secondary N) is 4. The van der Waals surface area contributed by atoms with Crippen LogP contribution in [0, 0.1) is 34.5 Å². The number of ether oxygens (including phenoxy) is 1. The van der Waals surface area contributed by atoms with E-state index in [1.54, 1.807) is 6.92 Å². The molecule has 13 nitrogen and oxygen atoms in total. The number of hydrogen-bond acceptors (Lipinski definition) is 7. The van der Waals surface area contributed by atoms with Crippen LogP contribution in [0.25, 0.3) is 0 Å². The third-order valence-corrected chi connectivity index (χ3v) is 8.93. The summed E-state index contributed by atoms with van der Waals surface area (Å²) in [6, 6.07) is -3.87. The summed E-state index contributed by atoms with van der Waals surface area (Å²) < 4.78 is 4.89. The molecule has 236 valence electrons. The van der Waals surface area contributed by atoms with Crippen LogP contribution in [0.15, 0.2) is 0 Å². The van der Waals surface area contributed by atoms with Gasteiger partial charge >= 0.3 is 12.1 Å². The number of alkyl carbamates (subject to hydrolysis) is 1. The summed E-state index contributed by atoms with van der Waals surface area (Å²) in [5.74, 6) is -3.07. The number of Topliss-reactive ketones (excluding diaryl/α,β-unsaturated/α-hetero) is 1. The Labute approximate surface area is 247 Å². The third-order valence-electron chi connectivity index (χ3n) is 8.93. The van der Waals surface area contributed by atoms with Crippen LogP contribution in [0.3, 0.4) is 0 Å². The van der Waals surface area contributed by atoms with Gasteiger partial charge in [-0.25, -0.2) is 9.59 Å². The molecule has 2 aliphatic carbocycles. The molecule has 1 unspecified atom stereocenters. The molecule has 6 atom stereocenters. The standard InChI is InChI=1S/C29H48N6O7/c1-9-42-27(41)31-12-17(14(2)3)32-26(40)34-22(28(4,5)6)25(39)35-13-16-18(29(16,7)8)20(35)24(38)33-19(15-10-11-15)21(36)23(30)37/h14-20,22H,9-13H2,1-8H3,(H2,30,37)(H,31,41)(H,33,38)(H2,32,34,40)/t16-,17+,18-,19?,20-,22+/m0/s1. The highest BCUT2D eigenvalue weighted by atomic mass is 16.5. The predicted molar refractivity (Wildman–Crippen MR) is 154 cm³/mol. The summed E-state index contributed by atoms with van der Waals surface area (Å²) in [5.41, 5.74) is 4.35. The molecule has 0 radical (unpaired) electrons. The van der Waals surface area contributed by atoms with E-state index in [0.717, 1.165) is 0 Å². The molecule has 42 heavy (non-hydrogen) atoms. The van der Waals surface area contributed by atoms with Gasteiger partial charge in [0.2, 0.25) is 17.6 Å². The van der Waals surface area contributed by atoms with Gasteiger partial charge in [0.1, 0.15) is 18.1 Å². The summed E-state index contributed by atoms with van der Waals surface area (Å²) in [5, 5.41) is 11.0. The normalized spacial score (nSPS) is 24.5. The van der Waals surface area contributed by atoms with Crippen LogP contribution in [0.2, 0.25) is 0 Å². The summed E-state index contributed by atoms with van der Waals surface area (Å²) >= 11 is 0. The average Bonchev–Trinajstić information content (AvgIpc) is 3.75. The Morgan fingerprint density at radius 2 is 1.64 bits per heavy atom. The number of carbonyl (C=O) groups excluding carboxylic acids is 6. The van der Waals surface area contributed by atoms with Gasteiger partial charge in [-0.3, -0.25) is 19.2 Å². The number of likely N-dealkylation sites (tertiary alicyclic amines) is 1. The second kappa shape index (κ2) is 12.5. The molecule has 3 rings (SSSR count). The zero-order valence-corrected chi connectivity index (χ0v) is 26.0. The monoisotopic (exact) mass is 592 g/mol. The summed E-state index contributed by atoms with van der Waals surface area (Å²) in [6.45, 7) is 15.7. The lowest BCUT2D eigenvalue weighted by atomic mass is 9.85. The lowest BCUT2D eigenvalue weighted by Gasteiger charge is -2.38. The fraction of sp³-hybridized carbons (Fsp3) is 0.793. The Morgan fingerprint density at radius 1 is 1.02 bits per heavy atom. The second-order valence-corrected chi connectivity index (χ2v) is 13.8. The fourth-order valence-corrected chi connectivity index (χ4v) is 6.02. The summed E-state index contributed by atoms with van der Waals surface area (Å²) in [4.78, 5) is 78.3. The Hall–Kier alpha value is -3.38. The first-order valence-corrected chi connectivity index (χ1v) is 14.8. The van der Waals surface area contributed by atoms with Crippen molar-refractivity contribution in [3.63, 3.8) is 0 Å². The van der Waals surface area contributed by atoms with E-state index < -0.39 is 65.2 Å². The van der Waals surface area contributed by atoms with Gasteiger partial charge in [0.05, 0.1) is 12.6 Å². The van der Waals surface area contributed by atoms with E-state index in [2.05, 4.69) is 21.3 Å². The topological polar surface area (TPSA) is 189 Å². The van der Waals surface area contributed by atoms with Gasteiger partial charge < -0.3 is 36.6 Å². The molecule has 0 aromatic rings. The van der Waals surface area contributed by atoms with E-state index in [4.69, 9.17) is 10.5 Å². The maximum Gasteiger partial charge on any atom is 0.407 e. The Balaban J connectivity index is 1.77. The van der Waals surface area contributed by atoms with Crippen molar-refractivity contribution in [2.45, 2.75) is 92.4 Å². The molecule has 0 spiro atoms. The molecule has 2 saturated carbocycles. The van der Waals surface area contributed by atoms with E-state index in [0.29, 0.717) is 19.4 Å². The van der Waals surface area contributed by atoms with Crippen LogP contribution in [-0.2, 0) is 23.9 Å². The van der Waals surface area contributed by atoms with E-state index in [9.17, 15) is 28.8 Å². The summed E-state index contributed by atoms with van der Waals surface area (Å²) in [6.07, 6.45) is 0.814. The predicted octanol–water partition coefficient (Wildman–Crippen LogP) is 0.903. The van der Waals surface area contributed by atoms with Gasteiger partial charge in [-0.1, -0.05) is 48.5 Å². The van der Waals surface area contributed by atoms with Crippen molar-refractivity contribution >= 4 is 35.6 Å². The van der Waals surface area contributed by atoms with Crippen LogP contribution >= 0.6 is 0 Å². The molecule has 3 aliphatic rings. The van der Waals surface area contributed by atoms with E-state index >= 15 is 0 Å². The lowest BCUT2D eigenvalue weighted by molar-refractivity contribution is -0.145. The highest BCUT2D eigenvalue weighted by molar-refractivity contribution is 6.38. The number of urea groups is 1. The number of rotatable bonds is 12. The number of fused-ring (bicyclic) bond motifs is 1. The van der Waals surface area contributed by atoms with Crippen molar-refractivity contribution in [1.82, 2.24) is 26.2 Å². The van der Waals surface area contributed by atoms with Crippen LogP contribution in [-0.4, -0.2) is 84.4 Å². The number of amides is 6. The van der Waals surface area contributed by atoms with Crippen molar-refractivity contribution in [2.24, 2.45) is 40.2 Å². The highest BCUT2D eigenvalue weighted by Gasteiger charge is 2.70. The maximum atomic E-state index is 14.1. The maximum absolute atomic E-state index is 14.1. The fourth-order valence-electron chi connectivity index (χ4n) is 6.02. The largest absolute Gasteiger partial charge is 0.450 e. The zero-order chi connectivity index (χ0) is 31.7. The molecule has 0 aromatic carbocycles. The molecule has 13 heteroatoms. The van der Waals surface area contributed by atoms with Crippen molar-refractivity contribution in [2.75, 3.05) is 19.7 Å². The lowest BCUT2D eigenvalue weighted by Crippen LogP contribution is -2.62. The molecular formula is C29H48N6O7. The average molecular weight is 593 g/mol. The third kappa shape index (κ3) is 7.33. The van der Waals surface area contributed by atoms with Crippen molar-refractivity contribution in [3.05, 3.63) is 0 Å². The minimum atomic E-state index is -1.10. The van der Waals surface area contributed by atoms with Crippen molar-refractivity contribution in [3.8, 4) is 0 Å². The molecule has 6 amide bonds. The van der Waals surface area contributed by atoms with Gasteiger partial charge in [0, 0.05) is 13.1 Å². The molecule has 0 bridgehead atoms. The molecule has 6 N–H and O–H groups in total. The quantitative estimate of drug-likeness (QED) is 0.208. The van der Waals surface area contributed by atoms with Crippen molar-refractivity contribution < 1.29 is 33.5 Å². The first-order chi connectivity index (χ1) is 19.4. The Kier molecular flexibility index (Phi) is 9.83. The number of carbonyl (C=O) groups is 6. The van der Waals surface area contributed by atoms with Crippen LogP contribution in [0.4, 0.5) is 9.59 Å². The van der Waals surface area contributed by atoms with Gasteiger partial charge in [-0.15, -0.1) is 0 Å². The second-order valence-electron chi connectivity index (χ2n) is 13.8. The van der Waals surface area contributed by atoms with Gasteiger partial charge in [0.25, 0.3) is 5.91 Å². The molecule has 1 aliphatic heterocycles. The summed E-state index contributed by atoms with van der Waals surface area (Å²) in [7, 11) is 0. The van der Waals surface area contributed by atoms with Gasteiger partial charge in [-0.05, 0) is 54.3 Å². The molecule has 1 saturated heterocycles. The minimum Gasteiger partial charge on any atom is -0.450 e. The zero-order valence-electron chi connectivity index (χ0n) is 26.0. The first-order valence-electron chi connectivity index (χ1n) is 14.8. The number of piperidine rings is 1. The molecule has 0 aromatic heterocycles. The van der Waals surface area contributed by atoms with Crippen LogP contribution < -0.4 is 27.0 Å². The van der Waals surface area contributed by atoms with E-state index in [1.165, 1.54) is 4.90 Å². The Bertz CT molecular complexity index is 1100. The number of hydrogen-bond donors (Lipinski definition) is 5. The Morgan fingerprint density at radius 3 is 2.14 bits per heavy atom. The van der Waals surface area contributed by atoms with Crippen LogP contribution in [0.1, 0.15) is 68.2 Å². The van der Waals surface area contributed by atoms with Gasteiger partial charge in [0.15, 0.2) is 0 Å². The number of nitrogens with two attached hydrogens (primary N) is 1. The number of primary amides is 1. The molecule has 3 fully saturated rings. The van der Waals surface area contributed by atoms with Crippen molar-refractivity contribution in [1.29, 1.82) is 0 Å². The minimum absolute atomic E-state index is 0.0370. The number of nitrogens with zero attached hydrogens (tertiary/aromatic N) is 1. The molecular weight excluding hydrogens is 544 g/mol. The van der Waals surface area contributed by atoms with Crippen LogP contribution in [0.5, 0.6) is 0 Å². The number of ketones is 1. The van der Waals surface area contributed by atoms with E-state index in [1.807, 2.05) is 48.5 Å². The SMILES string of the molecule is CCOC(=O)NC[C@@H](NC(=O)N[C@H](C(=O)N1C[C@H]2[C@@H]([C@H]1C(=O)NC(C(=O)C(N)=O)C1CC1)C2(C)C)C(C)(C)C)C(C)C.